The van der Waals surface area contributed by atoms with E-state index in [1.165, 1.54) is 6.07 Å². The molecule has 0 saturated carbocycles. The Balaban J connectivity index is 3.12. The molecule has 1 rings (SSSR count). The van der Waals surface area contributed by atoms with Crippen LogP contribution in [-0.2, 0) is 17.1 Å². The largest absolute Gasteiger partial charge is 0.481 e. The Morgan fingerprint density at radius 1 is 1.47 bits per heavy atom. The Morgan fingerprint density at radius 3 is 2.59 bits per heavy atom. The van der Waals surface area contributed by atoms with Crippen LogP contribution in [0.3, 0.4) is 0 Å². The minimum atomic E-state index is -2.96. The molecule has 1 aromatic rings. The number of carbonyl (C=O) groups is 1. The van der Waals surface area contributed by atoms with E-state index in [9.17, 15) is 13.6 Å². The summed E-state index contributed by atoms with van der Waals surface area (Å²) in [4.78, 5) is 10.6. The van der Waals surface area contributed by atoms with Crippen molar-refractivity contribution in [2.45, 2.75) is 25.8 Å². The molecule has 0 atom stereocenters. The number of carboxylic acid groups (broad SMARTS) is 1. The summed E-state index contributed by atoms with van der Waals surface area (Å²) in [7, 11) is 0. The minimum Gasteiger partial charge on any atom is -0.481 e. The first-order chi connectivity index (χ1) is 7.93. The first-order valence-corrected chi connectivity index (χ1v) is 5.32. The van der Waals surface area contributed by atoms with Crippen LogP contribution >= 0.6 is 11.6 Å². The van der Waals surface area contributed by atoms with Crippen molar-refractivity contribution in [3.63, 3.8) is 0 Å². The maximum absolute atomic E-state index is 12.1. The van der Waals surface area contributed by atoms with E-state index < -0.39 is 12.6 Å². The fourth-order valence-corrected chi connectivity index (χ4v) is 1.66. The highest BCUT2D eigenvalue weighted by Crippen LogP contribution is 2.27. The molecule has 0 saturated heterocycles. The van der Waals surface area contributed by atoms with Crippen LogP contribution in [-0.4, -0.2) is 17.7 Å². The highest BCUT2D eigenvalue weighted by Gasteiger charge is 2.13. The third-order valence-electron chi connectivity index (χ3n) is 2.22. The highest BCUT2D eigenvalue weighted by molar-refractivity contribution is 6.17. The van der Waals surface area contributed by atoms with Gasteiger partial charge in [-0.1, -0.05) is 6.07 Å². The van der Waals surface area contributed by atoms with Gasteiger partial charge in [0.15, 0.2) is 0 Å². The lowest BCUT2D eigenvalue weighted by molar-refractivity contribution is -0.136. The number of ether oxygens (including phenoxy) is 1. The average Bonchev–Trinajstić information content (AvgIpc) is 2.21. The summed E-state index contributed by atoms with van der Waals surface area (Å²) >= 11 is 5.60. The normalized spacial score (nSPS) is 10.6. The van der Waals surface area contributed by atoms with Gasteiger partial charge in [0, 0.05) is 5.56 Å². The molecule has 3 nitrogen and oxygen atoms in total. The quantitative estimate of drug-likeness (QED) is 0.832. The lowest BCUT2D eigenvalue weighted by Gasteiger charge is -2.12. The number of alkyl halides is 3. The molecule has 0 unspecified atom stereocenters. The van der Waals surface area contributed by atoms with Crippen molar-refractivity contribution in [3.05, 3.63) is 28.8 Å². The molecule has 0 aliphatic rings. The molecule has 0 aromatic heterocycles. The smallest absolute Gasteiger partial charge is 0.387 e. The number of carboxylic acids is 1. The third-order valence-corrected chi connectivity index (χ3v) is 2.51. The van der Waals surface area contributed by atoms with Gasteiger partial charge < -0.3 is 9.84 Å². The first-order valence-electron chi connectivity index (χ1n) is 4.79. The zero-order chi connectivity index (χ0) is 13.0. The Hall–Kier alpha value is -1.36. The molecule has 0 radical (unpaired) electrons. The van der Waals surface area contributed by atoms with Crippen LogP contribution in [0.25, 0.3) is 0 Å². The third kappa shape index (κ3) is 3.85. The second kappa shape index (κ2) is 5.82. The molecule has 0 spiro atoms. The van der Waals surface area contributed by atoms with E-state index in [1.807, 2.05) is 0 Å². The molecule has 1 aromatic carbocycles. The van der Waals surface area contributed by atoms with Gasteiger partial charge in [0.1, 0.15) is 5.75 Å². The molecule has 0 aliphatic heterocycles. The Morgan fingerprint density at radius 2 is 2.12 bits per heavy atom. The van der Waals surface area contributed by atoms with Gasteiger partial charge in [0.05, 0.1) is 12.3 Å². The average molecular weight is 265 g/mol. The van der Waals surface area contributed by atoms with E-state index in [0.717, 1.165) is 0 Å². The molecule has 0 bridgehead atoms. The molecule has 1 N–H and O–H groups in total. The van der Waals surface area contributed by atoms with Crippen molar-refractivity contribution in [3.8, 4) is 5.75 Å². The van der Waals surface area contributed by atoms with Gasteiger partial charge in [-0.2, -0.15) is 8.78 Å². The van der Waals surface area contributed by atoms with Crippen LogP contribution in [0.15, 0.2) is 12.1 Å². The molecular weight excluding hydrogens is 254 g/mol. The van der Waals surface area contributed by atoms with Gasteiger partial charge >= 0.3 is 12.6 Å². The summed E-state index contributed by atoms with van der Waals surface area (Å²) in [5.74, 6) is -1.08. The first kappa shape index (κ1) is 13.7. The summed E-state index contributed by atoms with van der Waals surface area (Å²) in [6, 6.07) is 2.86. The Kier molecular flexibility index (Phi) is 4.69. The number of benzene rings is 1. The summed E-state index contributed by atoms with van der Waals surface area (Å²) in [5, 5.41) is 8.68. The van der Waals surface area contributed by atoms with Gasteiger partial charge in [0.2, 0.25) is 0 Å². The number of hydrogen-bond acceptors (Lipinski definition) is 2. The highest BCUT2D eigenvalue weighted by atomic mass is 35.5. The van der Waals surface area contributed by atoms with Crippen molar-refractivity contribution in [2.24, 2.45) is 0 Å². The monoisotopic (exact) mass is 264 g/mol. The van der Waals surface area contributed by atoms with Gasteiger partial charge in [-0.25, -0.2) is 0 Å². The molecule has 17 heavy (non-hydrogen) atoms. The Labute approximate surface area is 102 Å². The van der Waals surface area contributed by atoms with E-state index in [2.05, 4.69) is 4.74 Å². The van der Waals surface area contributed by atoms with Crippen molar-refractivity contribution in [1.82, 2.24) is 0 Å². The molecule has 6 heteroatoms. The van der Waals surface area contributed by atoms with Crippen LogP contribution < -0.4 is 4.74 Å². The molecule has 0 fully saturated rings. The van der Waals surface area contributed by atoms with Gasteiger partial charge in [-0.3, -0.25) is 4.79 Å². The van der Waals surface area contributed by atoms with Crippen molar-refractivity contribution < 1.29 is 23.4 Å². The van der Waals surface area contributed by atoms with Crippen molar-refractivity contribution in [2.75, 3.05) is 0 Å². The van der Waals surface area contributed by atoms with Crippen molar-refractivity contribution in [1.29, 1.82) is 0 Å². The molecule has 0 amide bonds. The van der Waals surface area contributed by atoms with E-state index in [4.69, 9.17) is 16.7 Å². The summed E-state index contributed by atoms with van der Waals surface area (Å²) in [6.07, 6.45) is -0.242. The number of rotatable bonds is 5. The van der Waals surface area contributed by atoms with Crippen LogP contribution in [0.2, 0.25) is 0 Å². The number of hydrogen-bond donors (Lipinski definition) is 1. The van der Waals surface area contributed by atoms with E-state index in [1.54, 1.807) is 13.0 Å². The van der Waals surface area contributed by atoms with Gasteiger partial charge in [-0.05, 0) is 24.1 Å². The van der Waals surface area contributed by atoms with E-state index >= 15 is 0 Å². The fraction of sp³-hybridized carbons (Fsp3) is 0.364. The lowest BCUT2D eigenvalue weighted by Crippen LogP contribution is -2.07. The molecule has 94 valence electrons. The Bertz CT molecular complexity index is 421. The second-order valence-corrected chi connectivity index (χ2v) is 3.74. The summed E-state index contributed by atoms with van der Waals surface area (Å²) < 4.78 is 28.6. The van der Waals surface area contributed by atoms with E-state index in [0.29, 0.717) is 16.7 Å². The van der Waals surface area contributed by atoms with Crippen LogP contribution in [0.1, 0.15) is 16.7 Å². The molecule has 0 aliphatic carbocycles. The lowest BCUT2D eigenvalue weighted by atomic mass is 10.0. The summed E-state index contributed by atoms with van der Waals surface area (Å²) in [5.41, 5.74) is 1.53. The van der Waals surface area contributed by atoms with Crippen LogP contribution in [0.4, 0.5) is 8.78 Å². The van der Waals surface area contributed by atoms with Crippen LogP contribution in [0.5, 0.6) is 5.75 Å². The summed E-state index contributed by atoms with van der Waals surface area (Å²) in [6.45, 7) is -1.27. The van der Waals surface area contributed by atoms with Gasteiger partial charge in [-0.15, -0.1) is 11.6 Å². The number of aryl methyl sites for hydroxylation is 1. The van der Waals surface area contributed by atoms with Gasteiger partial charge in [0.25, 0.3) is 0 Å². The zero-order valence-electron chi connectivity index (χ0n) is 9.04. The molecule has 0 heterocycles. The standard InChI is InChI=1S/C11H11ClF2O3/c1-6-2-8(5-12)9(17-11(13)14)3-7(6)4-10(15)16/h2-3,11H,4-5H2,1H3,(H,15,16). The maximum atomic E-state index is 12.1. The topological polar surface area (TPSA) is 46.5 Å². The van der Waals surface area contributed by atoms with Crippen molar-refractivity contribution >= 4 is 17.6 Å². The van der Waals surface area contributed by atoms with Crippen LogP contribution in [0, 0.1) is 6.92 Å². The predicted octanol–water partition coefficient (Wildman–Crippen LogP) is 2.96. The maximum Gasteiger partial charge on any atom is 0.387 e. The number of halogens is 3. The SMILES string of the molecule is Cc1cc(CCl)c(OC(F)F)cc1CC(=O)O. The predicted molar refractivity (Wildman–Crippen MR) is 58.7 cm³/mol. The number of aliphatic carboxylic acids is 1. The fourth-order valence-electron chi connectivity index (χ4n) is 1.45. The molecular formula is C11H11ClF2O3. The second-order valence-electron chi connectivity index (χ2n) is 3.47. The van der Waals surface area contributed by atoms with E-state index in [-0.39, 0.29) is 18.1 Å². The minimum absolute atomic E-state index is 0.0241. The zero-order valence-corrected chi connectivity index (χ0v) is 9.80.